The number of aromatic nitrogens is 2. The molecular formula is C17H14ClN3S. The van der Waals surface area contributed by atoms with Gasteiger partial charge in [0.05, 0.1) is 17.3 Å². The normalized spacial score (nSPS) is 13.3. The Labute approximate surface area is 137 Å². The van der Waals surface area contributed by atoms with E-state index in [2.05, 4.69) is 29.1 Å². The molecule has 0 saturated carbocycles. The molecule has 0 saturated heterocycles. The molecule has 1 aromatic carbocycles. The summed E-state index contributed by atoms with van der Waals surface area (Å²) < 4.78 is 2.16. The van der Waals surface area contributed by atoms with Crippen LogP contribution in [-0.4, -0.2) is 15.3 Å². The molecule has 0 bridgehead atoms. The first kappa shape index (κ1) is 13.7. The summed E-state index contributed by atoms with van der Waals surface area (Å²) in [6, 6.07) is 9.95. The van der Waals surface area contributed by atoms with Crippen LogP contribution in [0.5, 0.6) is 0 Å². The molecule has 0 radical (unpaired) electrons. The number of imidazole rings is 1. The molecule has 0 N–H and O–H groups in total. The molecule has 1 aliphatic heterocycles. The summed E-state index contributed by atoms with van der Waals surface area (Å²) in [6.07, 6.45) is 3.01. The first-order chi connectivity index (χ1) is 10.8. The third-order valence-corrected chi connectivity index (χ3v) is 5.09. The molecule has 0 amide bonds. The van der Waals surface area contributed by atoms with E-state index in [1.807, 2.05) is 24.3 Å². The lowest BCUT2D eigenvalue weighted by molar-refractivity contribution is 1.03. The molecule has 5 heteroatoms. The number of rotatable bonds is 2. The third-order valence-electron chi connectivity index (χ3n) is 3.81. The summed E-state index contributed by atoms with van der Waals surface area (Å²) >= 11 is 8.11. The lowest BCUT2D eigenvalue weighted by Gasteiger charge is -2.08. The van der Waals surface area contributed by atoms with Gasteiger partial charge >= 0.3 is 0 Å². The van der Waals surface area contributed by atoms with Crippen molar-refractivity contribution in [3.8, 4) is 5.00 Å². The minimum atomic E-state index is 0.657. The Hall–Kier alpha value is -1.91. The quantitative estimate of drug-likeness (QED) is 0.681. The number of aliphatic imine (C=N–C) groups is 1. The van der Waals surface area contributed by atoms with Crippen molar-refractivity contribution in [3.63, 3.8) is 0 Å². The smallest absolute Gasteiger partial charge is 0.164 e. The van der Waals surface area contributed by atoms with Crippen LogP contribution < -0.4 is 0 Å². The van der Waals surface area contributed by atoms with E-state index in [0.717, 1.165) is 29.2 Å². The highest BCUT2D eigenvalue weighted by Gasteiger charge is 2.23. The van der Waals surface area contributed by atoms with Gasteiger partial charge in [-0.2, -0.15) is 0 Å². The SMILES string of the molecule is CCc1cn2c(n1)C(c1ccccc1Cl)=NCc1ccsc1-2. The standard InChI is InChI=1S/C17H14ClN3S/c1-2-12-10-21-16(20-12)15(13-5-3-4-6-14(13)18)19-9-11-7-8-22-17(11)21/h3-8,10H,2,9H2,1H3. The van der Waals surface area contributed by atoms with E-state index in [0.29, 0.717) is 11.6 Å². The molecule has 3 heterocycles. The monoisotopic (exact) mass is 327 g/mol. The molecule has 0 atom stereocenters. The Kier molecular flexibility index (Phi) is 3.36. The number of aryl methyl sites for hydroxylation is 1. The Bertz CT molecular complexity index is 876. The Morgan fingerprint density at radius 3 is 2.95 bits per heavy atom. The van der Waals surface area contributed by atoms with Crippen molar-refractivity contribution in [2.45, 2.75) is 19.9 Å². The maximum absolute atomic E-state index is 6.39. The lowest BCUT2D eigenvalue weighted by Crippen LogP contribution is -2.10. The summed E-state index contributed by atoms with van der Waals surface area (Å²) in [5.41, 5.74) is 4.10. The fourth-order valence-electron chi connectivity index (χ4n) is 2.67. The van der Waals surface area contributed by atoms with E-state index < -0.39 is 0 Å². The number of benzene rings is 1. The first-order valence-electron chi connectivity index (χ1n) is 7.22. The molecule has 4 rings (SSSR count). The lowest BCUT2D eigenvalue weighted by atomic mass is 10.1. The van der Waals surface area contributed by atoms with Crippen LogP contribution in [0.2, 0.25) is 5.02 Å². The fourth-order valence-corrected chi connectivity index (χ4v) is 3.80. The predicted molar refractivity (Wildman–Crippen MR) is 91.6 cm³/mol. The van der Waals surface area contributed by atoms with Crippen molar-refractivity contribution in [3.05, 3.63) is 69.6 Å². The summed E-state index contributed by atoms with van der Waals surface area (Å²) in [6.45, 7) is 2.77. The second-order valence-corrected chi connectivity index (χ2v) is 6.48. The molecule has 1 aliphatic rings. The molecule has 110 valence electrons. The topological polar surface area (TPSA) is 30.2 Å². The van der Waals surface area contributed by atoms with E-state index in [4.69, 9.17) is 21.6 Å². The molecule has 22 heavy (non-hydrogen) atoms. The molecule has 0 aliphatic carbocycles. The van der Waals surface area contributed by atoms with Crippen LogP contribution in [0.1, 0.15) is 29.6 Å². The first-order valence-corrected chi connectivity index (χ1v) is 8.48. The highest BCUT2D eigenvalue weighted by Crippen LogP contribution is 2.30. The zero-order valence-corrected chi connectivity index (χ0v) is 13.7. The van der Waals surface area contributed by atoms with Gasteiger partial charge in [-0.25, -0.2) is 4.98 Å². The van der Waals surface area contributed by atoms with Crippen LogP contribution in [0.25, 0.3) is 5.00 Å². The average Bonchev–Trinajstić information content (AvgIpc) is 3.13. The van der Waals surface area contributed by atoms with Crippen molar-refractivity contribution in [2.75, 3.05) is 0 Å². The van der Waals surface area contributed by atoms with Gasteiger partial charge in [-0.05, 0) is 23.9 Å². The number of nitrogens with zero attached hydrogens (tertiary/aromatic N) is 3. The van der Waals surface area contributed by atoms with Gasteiger partial charge in [-0.15, -0.1) is 11.3 Å². The Balaban J connectivity index is 1.97. The van der Waals surface area contributed by atoms with Crippen LogP contribution in [0, 0.1) is 0 Å². The average molecular weight is 328 g/mol. The summed E-state index contributed by atoms with van der Waals surface area (Å²) in [4.78, 5) is 9.60. The van der Waals surface area contributed by atoms with E-state index in [1.54, 1.807) is 11.3 Å². The maximum atomic E-state index is 6.39. The molecular weight excluding hydrogens is 314 g/mol. The van der Waals surface area contributed by atoms with E-state index in [-0.39, 0.29) is 0 Å². The maximum Gasteiger partial charge on any atom is 0.164 e. The minimum Gasteiger partial charge on any atom is -0.289 e. The van der Waals surface area contributed by atoms with Gasteiger partial charge in [0.1, 0.15) is 10.7 Å². The number of fused-ring (bicyclic) bond motifs is 3. The van der Waals surface area contributed by atoms with Crippen molar-refractivity contribution >= 4 is 28.6 Å². The van der Waals surface area contributed by atoms with Crippen molar-refractivity contribution < 1.29 is 0 Å². The second-order valence-electron chi connectivity index (χ2n) is 5.18. The molecule has 0 fully saturated rings. The van der Waals surface area contributed by atoms with Crippen LogP contribution in [0.3, 0.4) is 0 Å². The Morgan fingerprint density at radius 1 is 1.27 bits per heavy atom. The van der Waals surface area contributed by atoms with Crippen LogP contribution >= 0.6 is 22.9 Å². The predicted octanol–water partition coefficient (Wildman–Crippen LogP) is 4.50. The minimum absolute atomic E-state index is 0.657. The Morgan fingerprint density at radius 2 is 2.14 bits per heavy atom. The van der Waals surface area contributed by atoms with Gasteiger partial charge in [0, 0.05) is 17.3 Å². The van der Waals surface area contributed by atoms with Gasteiger partial charge in [-0.1, -0.05) is 36.7 Å². The van der Waals surface area contributed by atoms with Crippen molar-refractivity contribution in [2.24, 2.45) is 4.99 Å². The van der Waals surface area contributed by atoms with E-state index in [9.17, 15) is 0 Å². The van der Waals surface area contributed by atoms with Gasteiger partial charge in [-0.3, -0.25) is 9.56 Å². The van der Waals surface area contributed by atoms with Crippen LogP contribution in [0.4, 0.5) is 0 Å². The van der Waals surface area contributed by atoms with E-state index in [1.165, 1.54) is 10.6 Å². The summed E-state index contributed by atoms with van der Waals surface area (Å²) in [5.74, 6) is 0.881. The van der Waals surface area contributed by atoms with Gasteiger partial charge in [0.2, 0.25) is 0 Å². The van der Waals surface area contributed by atoms with Gasteiger partial charge in [0.15, 0.2) is 5.82 Å². The van der Waals surface area contributed by atoms with E-state index >= 15 is 0 Å². The molecule has 2 aromatic heterocycles. The van der Waals surface area contributed by atoms with Gasteiger partial charge in [0.25, 0.3) is 0 Å². The van der Waals surface area contributed by atoms with Crippen LogP contribution in [-0.2, 0) is 13.0 Å². The number of thiophene rings is 1. The van der Waals surface area contributed by atoms with Crippen molar-refractivity contribution in [1.29, 1.82) is 0 Å². The van der Waals surface area contributed by atoms with Crippen LogP contribution in [0.15, 0.2) is 46.9 Å². The van der Waals surface area contributed by atoms with Crippen molar-refractivity contribution in [1.82, 2.24) is 9.55 Å². The molecule has 0 unspecified atom stereocenters. The highest BCUT2D eigenvalue weighted by molar-refractivity contribution is 7.12. The fraction of sp³-hybridized carbons (Fsp3) is 0.176. The second kappa shape index (κ2) is 5.38. The summed E-state index contributed by atoms with van der Waals surface area (Å²) in [7, 11) is 0. The number of hydrogen-bond acceptors (Lipinski definition) is 3. The van der Waals surface area contributed by atoms with Gasteiger partial charge < -0.3 is 0 Å². The number of halogens is 1. The molecule has 0 spiro atoms. The largest absolute Gasteiger partial charge is 0.289 e. The third kappa shape index (κ3) is 2.11. The zero-order valence-electron chi connectivity index (χ0n) is 12.1. The summed E-state index contributed by atoms with van der Waals surface area (Å²) in [5, 5.41) is 4.02. The highest BCUT2D eigenvalue weighted by atomic mass is 35.5. The number of hydrogen-bond donors (Lipinski definition) is 0. The molecule has 3 nitrogen and oxygen atoms in total. The zero-order chi connectivity index (χ0) is 15.1. The molecule has 3 aromatic rings.